The highest BCUT2D eigenvalue weighted by atomic mass is 16.5. The fourth-order valence-corrected chi connectivity index (χ4v) is 2.30. The lowest BCUT2D eigenvalue weighted by atomic mass is 10.1. The van der Waals surface area contributed by atoms with E-state index < -0.39 is 0 Å². The Balaban J connectivity index is 1.96. The Morgan fingerprint density at radius 3 is 2.50 bits per heavy atom. The monoisotopic (exact) mass is 323 g/mol. The Hall–Kier alpha value is -3.28. The molecule has 2 aromatic carbocycles. The zero-order valence-electron chi connectivity index (χ0n) is 13.4. The second-order valence-corrected chi connectivity index (χ2v) is 5.04. The SMILES string of the molecule is COc1ccc(Nc2nc(-c3ccccc3)cc(=O)[nH]2)c(OC)c1. The van der Waals surface area contributed by atoms with Crippen LogP contribution in [0.15, 0.2) is 59.4 Å². The topological polar surface area (TPSA) is 76.2 Å². The minimum atomic E-state index is -0.237. The van der Waals surface area contributed by atoms with Crippen molar-refractivity contribution >= 4 is 11.6 Å². The number of aromatic amines is 1. The molecule has 0 radical (unpaired) electrons. The average molecular weight is 323 g/mol. The van der Waals surface area contributed by atoms with Gasteiger partial charge in [-0.3, -0.25) is 9.78 Å². The van der Waals surface area contributed by atoms with Crippen molar-refractivity contribution in [2.45, 2.75) is 0 Å². The van der Waals surface area contributed by atoms with Crippen LogP contribution in [0.2, 0.25) is 0 Å². The van der Waals surface area contributed by atoms with Gasteiger partial charge in [0.25, 0.3) is 5.56 Å². The number of H-pyrrole nitrogens is 1. The summed E-state index contributed by atoms with van der Waals surface area (Å²) in [6.45, 7) is 0. The summed E-state index contributed by atoms with van der Waals surface area (Å²) in [7, 11) is 3.15. The number of aromatic nitrogens is 2. The van der Waals surface area contributed by atoms with Crippen molar-refractivity contribution in [1.82, 2.24) is 9.97 Å². The molecular formula is C18H17N3O3. The van der Waals surface area contributed by atoms with E-state index in [2.05, 4.69) is 15.3 Å². The first-order chi connectivity index (χ1) is 11.7. The van der Waals surface area contributed by atoms with Gasteiger partial charge in [-0.1, -0.05) is 30.3 Å². The molecule has 0 fully saturated rings. The largest absolute Gasteiger partial charge is 0.497 e. The number of methoxy groups -OCH3 is 2. The highest BCUT2D eigenvalue weighted by molar-refractivity contribution is 5.66. The maximum Gasteiger partial charge on any atom is 0.252 e. The predicted octanol–water partition coefficient (Wildman–Crippen LogP) is 3.20. The zero-order valence-corrected chi connectivity index (χ0v) is 13.4. The summed E-state index contributed by atoms with van der Waals surface area (Å²) in [6.07, 6.45) is 0. The number of benzene rings is 2. The third-order valence-corrected chi connectivity index (χ3v) is 3.47. The molecule has 1 heterocycles. The van der Waals surface area contributed by atoms with E-state index in [1.807, 2.05) is 30.3 Å². The Bertz CT molecular complexity index is 892. The molecule has 0 spiro atoms. The number of ether oxygens (including phenoxy) is 2. The first-order valence-corrected chi connectivity index (χ1v) is 7.35. The van der Waals surface area contributed by atoms with E-state index in [4.69, 9.17) is 9.47 Å². The summed E-state index contributed by atoms with van der Waals surface area (Å²) in [4.78, 5) is 19.1. The van der Waals surface area contributed by atoms with Crippen molar-refractivity contribution in [3.63, 3.8) is 0 Å². The van der Waals surface area contributed by atoms with Crippen LogP contribution in [-0.4, -0.2) is 24.2 Å². The van der Waals surface area contributed by atoms with Crippen LogP contribution in [-0.2, 0) is 0 Å². The number of anilines is 2. The molecule has 0 unspecified atom stereocenters. The quantitative estimate of drug-likeness (QED) is 0.754. The van der Waals surface area contributed by atoms with Crippen LogP contribution >= 0.6 is 0 Å². The third kappa shape index (κ3) is 3.38. The van der Waals surface area contributed by atoms with Gasteiger partial charge in [-0.15, -0.1) is 0 Å². The summed E-state index contributed by atoms with van der Waals surface area (Å²) < 4.78 is 10.5. The summed E-state index contributed by atoms with van der Waals surface area (Å²) in [5, 5.41) is 3.08. The number of rotatable bonds is 5. The van der Waals surface area contributed by atoms with Crippen molar-refractivity contribution in [1.29, 1.82) is 0 Å². The lowest BCUT2D eigenvalue weighted by molar-refractivity contribution is 0.395. The minimum absolute atomic E-state index is 0.237. The van der Waals surface area contributed by atoms with Gasteiger partial charge in [0, 0.05) is 17.7 Å². The number of hydrogen-bond acceptors (Lipinski definition) is 5. The van der Waals surface area contributed by atoms with E-state index in [0.717, 1.165) is 5.56 Å². The van der Waals surface area contributed by atoms with Crippen molar-refractivity contribution in [3.8, 4) is 22.8 Å². The van der Waals surface area contributed by atoms with Gasteiger partial charge in [0.15, 0.2) is 0 Å². The summed E-state index contributed by atoms with van der Waals surface area (Å²) >= 11 is 0. The van der Waals surface area contributed by atoms with Crippen LogP contribution < -0.4 is 20.3 Å². The zero-order chi connectivity index (χ0) is 16.9. The second kappa shape index (κ2) is 6.87. The standard InChI is InChI=1S/C18H17N3O3/c1-23-13-8-9-14(16(10-13)24-2)19-18-20-15(11-17(22)21-18)12-6-4-3-5-7-12/h3-11H,1-2H3,(H2,19,20,21,22). The molecule has 0 bridgehead atoms. The van der Waals surface area contributed by atoms with E-state index in [9.17, 15) is 4.79 Å². The van der Waals surface area contributed by atoms with Crippen LogP contribution in [0.3, 0.4) is 0 Å². The van der Waals surface area contributed by atoms with Crippen molar-refractivity contribution < 1.29 is 9.47 Å². The van der Waals surface area contributed by atoms with E-state index >= 15 is 0 Å². The molecule has 0 aliphatic rings. The first-order valence-electron chi connectivity index (χ1n) is 7.35. The molecule has 2 N–H and O–H groups in total. The molecular weight excluding hydrogens is 306 g/mol. The Labute approximate surface area is 139 Å². The van der Waals surface area contributed by atoms with E-state index in [0.29, 0.717) is 28.8 Å². The molecule has 0 saturated heterocycles. The minimum Gasteiger partial charge on any atom is -0.497 e. The lowest BCUT2D eigenvalue weighted by Gasteiger charge is -2.12. The number of nitrogens with one attached hydrogen (secondary N) is 2. The van der Waals surface area contributed by atoms with Crippen LogP contribution in [0.1, 0.15) is 0 Å². The second-order valence-electron chi connectivity index (χ2n) is 5.04. The molecule has 0 amide bonds. The van der Waals surface area contributed by atoms with Crippen LogP contribution in [0.5, 0.6) is 11.5 Å². The van der Waals surface area contributed by atoms with Gasteiger partial charge >= 0.3 is 0 Å². The Morgan fingerprint density at radius 2 is 1.79 bits per heavy atom. The lowest BCUT2D eigenvalue weighted by Crippen LogP contribution is -2.10. The normalized spacial score (nSPS) is 10.2. The molecule has 0 atom stereocenters. The summed E-state index contributed by atoms with van der Waals surface area (Å²) in [5.41, 5.74) is 1.90. The van der Waals surface area contributed by atoms with Crippen molar-refractivity contribution in [2.24, 2.45) is 0 Å². The molecule has 3 rings (SSSR count). The van der Waals surface area contributed by atoms with Crippen molar-refractivity contribution in [3.05, 3.63) is 65.0 Å². The van der Waals surface area contributed by atoms with Crippen molar-refractivity contribution in [2.75, 3.05) is 19.5 Å². The van der Waals surface area contributed by atoms with Gasteiger partial charge in [-0.25, -0.2) is 4.98 Å². The van der Waals surface area contributed by atoms with E-state index in [1.54, 1.807) is 32.4 Å². The van der Waals surface area contributed by atoms with E-state index in [-0.39, 0.29) is 5.56 Å². The van der Waals surface area contributed by atoms with Gasteiger partial charge in [-0.2, -0.15) is 0 Å². The van der Waals surface area contributed by atoms with Gasteiger partial charge in [0.1, 0.15) is 11.5 Å². The molecule has 24 heavy (non-hydrogen) atoms. The predicted molar refractivity (Wildman–Crippen MR) is 93.1 cm³/mol. The highest BCUT2D eigenvalue weighted by Crippen LogP contribution is 2.30. The highest BCUT2D eigenvalue weighted by Gasteiger charge is 2.08. The fraction of sp³-hybridized carbons (Fsp3) is 0.111. The average Bonchev–Trinajstić information content (AvgIpc) is 2.62. The molecule has 0 aliphatic carbocycles. The maximum absolute atomic E-state index is 11.9. The van der Waals surface area contributed by atoms with E-state index in [1.165, 1.54) is 6.07 Å². The molecule has 0 aliphatic heterocycles. The number of hydrogen-bond donors (Lipinski definition) is 2. The van der Waals surface area contributed by atoms with Gasteiger partial charge in [0.2, 0.25) is 5.95 Å². The Kier molecular flexibility index (Phi) is 4.47. The molecule has 122 valence electrons. The number of nitrogens with zero attached hydrogens (tertiary/aromatic N) is 1. The van der Waals surface area contributed by atoms with Crippen LogP contribution in [0.4, 0.5) is 11.6 Å². The van der Waals surface area contributed by atoms with Gasteiger partial charge in [0.05, 0.1) is 25.6 Å². The first kappa shape index (κ1) is 15.6. The summed E-state index contributed by atoms with van der Waals surface area (Å²) in [6, 6.07) is 16.3. The Morgan fingerprint density at radius 1 is 1.00 bits per heavy atom. The molecule has 3 aromatic rings. The molecule has 6 heteroatoms. The van der Waals surface area contributed by atoms with Gasteiger partial charge < -0.3 is 14.8 Å². The smallest absolute Gasteiger partial charge is 0.252 e. The maximum atomic E-state index is 11.9. The molecule has 0 saturated carbocycles. The van der Waals surface area contributed by atoms with Crippen LogP contribution in [0.25, 0.3) is 11.3 Å². The molecule has 1 aromatic heterocycles. The van der Waals surface area contributed by atoms with Gasteiger partial charge in [-0.05, 0) is 12.1 Å². The summed E-state index contributed by atoms with van der Waals surface area (Å²) in [5.74, 6) is 1.60. The fourth-order valence-electron chi connectivity index (χ4n) is 2.30. The third-order valence-electron chi connectivity index (χ3n) is 3.47. The van der Waals surface area contributed by atoms with Crippen LogP contribution in [0, 0.1) is 0 Å². The molecule has 6 nitrogen and oxygen atoms in total.